The van der Waals surface area contributed by atoms with Crippen molar-refractivity contribution in [1.29, 1.82) is 0 Å². The first kappa shape index (κ1) is 15.1. The largest absolute Gasteiger partial charge is 0.504 e. The quantitative estimate of drug-likeness (QED) is 0.823. The van der Waals surface area contributed by atoms with Crippen molar-refractivity contribution in [3.63, 3.8) is 0 Å². The third kappa shape index (κ3) is 2.90. The molecule has 8 heteroatoms. The number of phenolic OH excluding ortho intramolecular Hbond substituents is 1. The average molecular weight is 280 g/mol. The zero-order chi connectivity index (χ0) is 14.8. The summed E-state index contributed by atoms with van der Waals surface area (Å²) < 4.78 is 47.1. The lowest BCUT2D eigenvalue weighted by Gasteiger charge is -2.18. The number of hydrogen-bond acceptors (Lipinski definition) is 5. The number of aliphatic hydroxyl groups is 1. The molecule has 1 aromatic rings. The third-order valence-corrected chi connectivity index (χ3v) is 2.40. The van der Waals surface area contributed by atoms with Gasteiger partial charge in [0, 0.05) is 5.56 Å². The minimum atomic E-state index is -4.85. The number of hydrogen-bond donors (Lipinski definition) is 2. The second-order valence-corrected chi connectivity index (χ2v) is 3.50. The Labute approximate surface area is 106 Å². The molecule has 1 rings (SSSR count). The Balaban J connectivity index is 3.51. The van der Waals surface area contributed by atoms with E-state index in [1.165, 1.54) is 0 Å². The number of phenols is 1. The second kappa shape index (κ2) is 5.35. The molecule has 1 aromatic carbocycles. The lowest BCUT2D eigenvalue weighted by atomic mass is 10.00. The number of aliphatic hydroxyl groups excluding tert-OH is 1. The third-order valence-electron chi connectivity index (χ3n) is 2.40. The van der Waals surface area contributed by atoms with Crippen molar-refractivity contribution in [2.24, 2.45) is 0 Å². The fourth-order valence-corrected chi connectivity index (χ4v) is 1.51. The van der Waals surface area contributed by atoms with E-state index in [0.29, 0.717) is 6.07 Å². The first-order valence-electron chi connectivity index (χ1n) is 4.97. The topological polar surface area (TPSA) is 76.0 Å². The van der Waals surface area contributed by atoms with Crippen LogP contribution in [0.25, 0.3) is 0 Å². The first-order valence-corrected chi connectivity index (χ1v) is 4.97. The van der Waals surface area contributed by atoms with Crippen molar-refractivity contribution in [3.05, 3.63) is 23.3 Å². The summed E-state index contributed by atoms with van der Waals surface area (Å²) >= 11 is 0. The van der Waals surface area contributed by atoms with Crippen molar-refractivity contribution >= 4 is 5.97 Å². The summed E-state index contributed by atoms with van der Waals surface area (Å²) in [6.45, 7) is 0. The van der Waals surface area contributed by atoms with Gasteiger partial charge in [0.25, 0.3) is 0 Å². The van der Waals surface area contributed by atoms with Crippen molar-refractivity contribution in [2.45, 2.75) is 12.3 Å². The molecule has 5 nitrogen and oxygen atoms in total. The van der Waals surface area contributed by atoms with E-state index in [-0.39, 0.29) is 5.75 Å². The SMILES string of the molecule is COC(=O)C(O)c1c(C(F)(F)F)ccc(OC)c1O. The van der Waals surface area contributed by atoms with Gasteiger partial charge in [-0.05, 0) is 12.1 Å². The molecule has 2 N–H and O–H groups in total. The minimum Gasteiger partial charge on any atom is -0.504 e. The predicted molar refractivity (Wildman–Crippen MR) is 56.6 cm³/mol. The molecule has 0 spiro atoms. The molecule has 0 heterocycles. The standard InChI is InChI=1S/C11H11F3O5/c1-18-6-4-3-5(11(12,13)14)7(8(6)15)9(16)10(17)19-2/h3-4,9,15-16H,1-2H3. The van der Waals surface area contributed by atoms with Gasteiger partial charge in [0.05, 0.1) is 19.8 Å². The van der Waals surface area contributed by atoms with E-state index < -0.39 is 35.1 Å². The van der Waals surface area contributed by atoms with Gasteiger partial charge in [0.2, 0.25) is 0 Å². The Morgan fingerprint density at radius 2 is 1.89 bits per heavy atom. The highest BCUT2D eigenvalue weighted by molar-refractivity contribution is 5.78. The number of aromatic hydroxyl groups is 1. The van der Waals surface area contributed by atoms with Gasteiger partial charge in [-0.1, -0.05) is 0 Å². The van der Waals surface area contributed by atoms with Crippen LogP contribution in [0.15, 0.2) is 12.1 Å². The lowest BCUT2D eigenvalue weighted by Crippen LogP contribution is -2.19. The van der Waals surface area contributed by atoms with Crippen LogP contribution in [0, 0.1) is 0 Å². The minimum absolute atomic E-state index is 0.300. The van der Waals surface area contributed by atoms with Gasteiger partial charge in [-0.2, -0.15) is 13.2 Å². The molecule has 0 fully saturated rings. The highest BCUT2D eigenvalue weighted by atomic mass is 19.4. The van der Waals surface area contributed by atoms with Crippen LogP contribution < -0.4 is 4.74 Å². The number of esters is 1. The monoisotopic (exact) mass is 280 g/mol. The van der Waals surface area contributed by atoms with E-state index in [1.54, 1.807) is 0 Å². The first-order chi connectivity index (χ1) is 8.73. The molecule has 0 radical (unpaired) electrons. The summed E-state index contributed by atoms with van der Waals surface area (Å²) in [6.07, 6.45) is -7.12. The van der Waals surface area contributed by atoms with E-state index in [1.807, 2.05) is 0 Å². The van der Waals surface area contributed by atoms with Crippen molar-refractivity contribution in [2.75, 3.05) is 14.2 Å². The van der Waals surface area contributed by atoms with Crippen LogP contribution >= 0.6 is 0 Å². The molecule has 0 bridgehead atoms. The van der Waals surface area contributed by atoms with Crippen LogP contribution in [0.3, 0.4) is 0 Å². The number of alkyl halides is 3. The molecule has 0 saturated heterocycles. The van der Waals surface area contributed by atoms with Gasteiger partial charge >= 0.3 is 12.1 Å². The summed E-state index contributed by atoms with van der Waals surface area (Å²) in [4.78, 5) is 11.2. The van der Waals surface area contributed by atoms with Crippen LogP contribution in [0.5, 0.6) is 11.5 Å². The van der Waals surface area contributed by atoms with Gasteiger partial charge in [0.15, 0.2) is 17.6 Å². The van der Waals surface area contributed by atoms with Gasteiger partial charge in [-0.3, -0.25) is 0 Å². The number of benzene rings is 1. The molecule has 0 saturated carbocycles. The molecule has 106 valence electrons. The Morgan fingerprint density at radius 1 is 1.32 bits per heavy atom. The Kier molecular flexibility index (Phi) is 4.25. The van der Waals surface area contributed by atoms with E-state index in [4.69, 9.17) is 0 Å². The highest BCUT2D eigenvalue weighted by Gasteiger charge is 2.39. The maximum Gasteiger partial charge on any atom is 0.416 e. The fourth-order valence-electron chi connectivity index (χ4n) is 1.51. The van der Waals surface area contributed by atoms with Gasteiger partial charge in [0.1, 0.15) is 0 Å². The van der Waals surface area contributed by atoms with Gasteiger partial charge in [-0.25, -0.2) is 4.79 Å². The van der Waals surface area contributed by atoms with E-state index in [9.17, 15) is 28.2 Å². The Morgan fingerprint density at radius 3 is 2.32 bits per heavy atom. The smallest absolute Gasteiger partial charge is 0.416 e. The maximum absolute atomic E-state index is 12.8. The van der Waals surface area contributed by atoms with E-state index in [0.717, 1.165) is 20.3 Å². The van der Waals surface area contributed by atoms with Crippen molar-refractivity contribution < 1.29 is 37.7 Å². The van der Waals surface area contributed by atoms with Gasteiger partial charge in [-0.15, -0.1) is 0 Å². The summed E-state index contributed by atoms with van der Waals surface area (Å²) in [7, 11) is 2.02. The number of rotatable bonds is 3. The van der Waals surface area contributed by atoms with E-state index in [2.05, 4.69) is 9.47 Å². The van der Waals surface area contributed by atoms with E-state index >= 15 is 0 Å². The highest BCUT2D eigenvalue weighted by Crippen LogP contribution is 2.43. The second-order valence-electron chi connectivity index (χ2n) is 3.50. The normalized spacial score (nSPS) is 12.9. The summed E-state index contributed by atoms with van der Waals surface area (Å²) in [6, 6.07) is 1.48. The Hall–Kier alpha value is -1.96. The molecule has 0 aliphatic carbocycles. The molecule has 19 heavy (non-hydrogen) atoms. The number of carbonyl (C=O) groups excluding carboxylic acids is 1. The van der Waals surface area contributed by atoms with Crippen LogP contribution in [-0.2, 0) is 15.7 Å². The molecule has 0 aromatic heterocycles. The van der Waals surface area contributed by atoms with Gasteiger partial charge < -0.3 is 19.7 Å². The molecule has 0 aliphatic heterocycles. The number of carbonyl (C=O) groups is 1. The molecule has 1 atom stereocenters. The summed E-state index contributed by atoms with van der Waals surface area (Å²) in [5.74, 6) is -2.59. The lowest BCUT2D eigenvalue weighted by molar-refractivity contribution is -0.152. The number of halogens is 3. The predicted octanol–water partition coefficient (Wildman–Crippen LogP) is 1.63. The number of methoxy groups -OCH3 is 2. The maximum atomic E-state index is 12.8. The summed E-state index contributed by atoms with van der Waals surface area (Å²) in [5, 5.41) is 19.2. The van der Waals surface area contributed by atoms with Crippen LogP contribution in [0.4, 0.5) is 13.2 Å². The molecular formula is C11H11F3O5. The van der Waals surface area contributed by atoms with Crippen LogP contribution in [0.1, 0.15) is 17.2 Å². The number of ether oxygens (including phenoxy) is 2. The summed E-state index contributed by atoms with van der Waals surface area (Å²) in [5.41, 5.74) is -2.35. The molecule has 0 aliphatic rings. The fraction of sp³-hybridized carbons (Fsp3) is 0.364. The zero-order valence-corrected chi connectivity index (χ0v) is 9.99. The molecular weight excluding hydrogens is 269 g/mol. The van der Waals surface area contributed by atoms with Crippen molar-refractivity contribution in [1.82, 2.24) is 0 Å². The zero-order valence-electron chi connectivity index (χ0n) is 9.99. The van der Waals surface area contributed by atoms with Crippen molar-refractivity contribution in [3.8, 4) is 11.5 Å². The van der Waals surface area contributed by atoms with Crippen LogP contribution in [-0.4, -0.2) is 30.4 Å². The molecule has 0 amide bonds. The Bertz CT molecular complexity index is 484. The average Bonchev–Trinajstić information content (AvgIpc) is 2.35. The van der Waals surface area contributed by atoms with Crippen LogP contribution in [0.2, 0.25) is 0 Å². The molecule has 1 unspecified atom stereocenters.